The number of hydrogen-bond donors (Lipinski definition) is 1. The lowest BCUT2D eigenvalue weighted by molar-refractivity contribution is -0.144. The molecule has 0 saturated heterocycles. The van der Waals surface area contributed by atoms with Crippen molar-refractivity contribution in [3.8, 4) is 0 Å². The molecule has 1 rings (SSSR count). The van der Waals surface area contributed by atoms with E-state index in [1.165, 1.54) is 0 Å². The average molecular weight is 311 g/mol. The SMILES string of the molecule is CCOC(=O)CC(C)(N[S@](=O)C(C)(C)C)c1ccccc1. The van der Waals surface area contributed by atoms with E-state index in [0.29, 0.717) is 6.61 Å². The molecule has 1 N–H and O–H groups in total. The van der Waals surface area contributed by atoms with Gasteiger partial charge < -0.3 is 4.74 Å². The molecule has 0 saturated carbocycles. The van der Waals surface area contributed by atoms with Gasteiger partial charge in [0.05, 0.1) is 34.3 Å². The Morgan fingerprint density at radius 3 is 2.24 bits per heavy atom. The zero-order chi connectivity index (χ0) is 16.1. The van der Waals surface area contributed by atoms with E-state index in [1.54, 1.807) is 6.92 Å². The lowest BCUT2D eigenvalue weighted by atomic mass is 9.90. The largest absolute Gasteiger partial charge is 0.466 e. The maximum absolute atomic E-state index is 12.4. The summed E-state index contributed by atoms with van der Waals surface area (Å²) < 4.78 is 20.2. The van der Waals surface area contributed by atoms with Crippen molar-refractivity contribution in [2.45, 2.75) is 51.3 Å². The summed E-state index contributed by atoms with van der Waals surface area (Å²) in [5.74, 6) is -0.303. The first-order chi connectivity index (χ1) is 9.69. The minimum Gasteiger partial charge on any atom is -0.466 e. The Morgan fingerprint density at radius 1 is 1.19 bits per heavy atom. The van der Waals surface area contributed by atoms with Crippen molar-refractivity contribution in [1.29, 1.82) is 0 Å². The maximum Gasteiger partial charge on any atom is 0.308 e. The van der Waals surface area contributed by atoms with E-state index in [0.717, 1.165) is 5.56 Å². The molecule has 0 aliphatic rings. The Kier molecular flexibility index (Phi) is 6.10. The second-order valence-corrected chi connectivity index (χ2v) is 8.13. The smallest absolute Gasteiger partial charge is 0.308 e. The number of hydrogen-bond acceptors (Lipinski definition) is 3. The van der Waals surface area contributed by atoms with Crippen LogP contribution in [0.5, 0.6) is 0 Å². The van der Waals surface area contributed by atoms with E-state index in [4.69, 9.17) is 4.74 Å². The predicted octanol–water partition coefficient (Wildman–Crippen LogP) is 2.91. The van der Waals surface area contributed by atoms with Gasteiger partial charge >= 0.3 is 5.97 Å². The zero-order valence-corrected chi connectivity index (χ0v) is 14.3. The molecule has 21 heavy (non-hydrogen) atoms. The number of esters is 1. The molecule has 0 aliphatic carbocycles. The minimum absolute atomic E-state index is 0.132. The van der Waals surface area contributed by atoms with E-state index in [9.17, 15) is 9.00 Å². The molecular formula is C16H25NO3S. The molecule has 0 aliphatic heterocycles. The predicted molar refractivity (Wildman–Crippen MR) is 86.1 cm³/mol. The highest BCUT2D eigenvalue weighted by Crippen LogP contribution is 2.27. The summed E-state index contributed by atoms with van der Waals surface area (Å²) in [5.41, 5.74) is 0.182. The number of rotatable bonds is 6. The minimum atomic E-state index is -1.29. The number of ether oxygens (including phenoxy) is 1. The van der Waals surface area contributed by atoms with Crippen LogP contribution in [0.25, 0.3) is 0 Å². The Hall–Kier alpha value is -1.20. The average Bonchev–Trinajstić information content (AvgIpc) is 2.38. The first-order valence-electron chi connectivity index (χ1n) is 7.10. The summed E-state index contributed by atoms with van der Waals surface area (Å²) in [5, 5.41) is 0. The summed E-state index contributed by atoms with van der Waals surface area (Å²) in [7, 11) is -1.29. The van der Waals surface area contributed by atoms with Crippen molar-refractivity contribution < 1.29 is 13.7 Å². The van der Waals surface area contributed by atoms with Gasteiger partial charge in [-0.3, -0.25) is 4.79 Å². The van der Waals surface area contributed by atoms with Gasteiger partial charge in [0.2, 0.25) is 0 Å². The van der Waals surface area contributed by atoms with Crippen molar-refractivity contribution in [2.75, 3.05) is 6.61 Å². The Morgan fingerprint density at radius 2 is 1.76 bits per heavy atom. The van der Waals surface area contributed by atoms with Gasteiger partial charge in [0.1, 0.15) is 0 Å². The standard InChI is InChI=1S/C16H25NO3S/c1-6-20-14(18)12-16(5,13-10-8-7-9-11-13)17-21(19)15(2,3)4/h7-11,17H,6,12H2,1-5H3/t16?,21-/m1/s1. The molecule has 118 valence electrons. The third-order valence-electron chi connectivity index (χ3n) is 3.09. The van der Waals surface area contributed by atoms with Gasteiger partial charge in [-0.15, -0.1) is 0 Å². The van der Waals surface area contributed by atoms with Crippen molar-refractivity contribution >= 4 is 17.0 Å². The third-order valence-corrected chi connectivity index (χ3v) is 4.84. The van der Waals surface area contributed by atoms with Crippen LogP contribution < -0.4 is 4.72 Å². The van der Waals surface area contributed by atoms with Crippen LogP contribution in [0.2, 0.25) is 0 Å². The lowest BCUT2D eigenvalue weighted by Crippen LogP contribution is -2.47. The highest BCUT2D eigenvalue weighted by molar-refractivity contribution is 7.84. The van der Waals surface area contributed by atoms with Crippen molar-refractivity contribution in [2.24, 2.45) is 0 Å². The van der Waals surface area contributed by atoms with Crippen LogP contribution in [0.4, 0.5) is 0 Å². The molecule has 1 aromatic carbocycles. The summed E-state index contributed by atoms with van der Waals surface area (Å²) in [6.07, 6.45) is 0.132. The highest BCUT2D eigenvalue weighted by Gasteiger charge is 2.34. The number of nitrogens with one attached hydrogen (secondary N) is 1. The summed E-state index contributed by atoms with van der Waals surface area (Å²) >= 11 is 0. The van der Waals surface area contributed by atoms with Gasteiger partial charge in [0.15, 0.2) is 0 Å². The molecule has 5 heteroatoms. The van der Waals surface area contributed by atoms with Crippen LogP contribution in [-0.4, -0.2) is 21.5 Å². The molecule has 0 fully saturated rings. The number of carbonyl (C=O) groups is 1. The topological polar surface area (TPSA) is 55.4 Å². The first-order valence-corrected chi connectivity index (χ1v) is 8.25. The van der Waals surface area contributed by atoms with Crippen LogP contribution in [0.1, 0.15) is 46.6 Å². The van der Waals surface area contributed by atoms with Crippen LogP contribution in [0.3, 0.4) is 0 Å². The van der Waals surface area contributed by atoms with Crippen LogP contribution in [0.15, 0.2) is 30.3 Å². The number of benzene rings is 1. The fourth-order valence-corrected chi connectivity index (χ4v) is 2.77. The van der Waals surface area contributed by atoms with Crippen molar-refractivity contribution in [3.05, 3.63) is 35.9 Å². The Labute approximate surface area is 129 Å². The molecule has 2 atom stereocenters. The maximum atomic E-state index is 12.4. The van der Waals surface area contributed by atoms with Gasteiger partial charge in [0.25, 0.3) is 0 Å². The first kappa shape index (κ1) is 17.9. The molecule has 0 amide bonds. The molecule has 0 heterocycles. The van der Waals surface area contributed by atoms with E-state index in [2.05, 4.69) is 4.72 Å². The molecular weight excluding hydrogens is 286 g/mol. The molecule has 0 spiro atoms. The van der Waals surface area contributed by atoms with Crippen LogP contribution >= 0.6 is 0 Å². The summed E-state index contributed by atoms with van der Waals surface area (Å²) in [6.45, 7) is 9.68. The quantitative estimate of drug-likeness (QED) is 0.822. The highest BCUT2D eigenvalue weighted by atomic mass is 32.2. The van der Waals surface area contributed by atoms with Gasteiger partial charge in [-0.2, -0.15) is 0 Å². The van der Waals surface area contributed by atoms with Gasteiger partial charge in [-0.05, 0) is 40.2 Å². The van der Waals surface area contributed by atoms with Crippen LogP contribution in [-0.2, 0) is 26.1 Å². The second kappa shape index (κ2) is 7.18. The molecule has 4 nitrogen and oxygen atoms in total. The molecule has 1 unspecified atom stereocenters. The third kappa shape index (κ3) is 5.25. The van der Waals surface area contributed by atoms with Crippen molar-refractivity contribution in [3.63, 3.8) is 0 Å². The molecule has 1 aromatic rings. The zero-order valence-electron chi connectivity index (χ0n) is 13.4. The van der Waals surface area contributed by atoms with E-state index in [-0.39, 0.29) is 12.4 Å². The molecule has 0 radical (unpaired) electrons. The lowest BCUT2D eigenvalue weighted by Gasteiger charge is -2.33. The molecule has 0 aromatic heterocycles. The van der Waals surface area contributed by atoms with Gasteiger partial charge in [-0.1, -0.05) is 30.3 Å². The monoisotopic (exact) mass is 311 g/mol. The van der Waals surface area contributed by atoms with E-state index < -0.39 is 21.3 Å². The Bertz CT molecular complexity index is 496. The summed E-state index contributed by atoms with van der Waals surface area (Å²) in [6, 6.07) is 9.56. The van der Waals surface area contributed by atoms with Gasteiger partial charge in [0, 0.05) is 0 Å². The molecule has 0 bridgehead atoms. The van der Waals surface area contributed by atoms with E-state index >= 15 is 0 Å². The fourth-order valence-electron chi connectivity index (χ4n) is 1.86. The fraction of sp³-hybridized carbons (Fsp3) is 0.562. The van der Waals surface area contributed by atoms with Crippen LogP contribution in [0, 0.1) is 0 Å². The summed E-state index contributed by atoms with van der Waals surface area (Å²) in [4.78, 5) is 11.9. The normalized spacial score (nSPS) is 16.0. The second-order valence-electron chi connectivity index (χ2n) is 6.16. The van der Waals surface area contributed by atoms with Crippen molar-refractivity contribution in [1.82, 2.24) is 4.72 Å². The number of carbonyl (C=O) groups excluding carboxylic acids is 1. The van der Waals surface area contributed by atoms with E-state index in [1.807, 2.05) is 58.0 Å². The Balaban J connectivity index is 3.05. The van der Waals surface area contributed by atoms with Gasteiger partial charge in [-0.25, -0.2) is 8.93 Å².